The summed E-state index contributed by atoms with van der Waals surface area (Å²) in [6.07, 6.45) is 0. The van der Waals surface area contributed by atoms with Crippen LogP contribution in [0, 0.1) is 0 Å². The van der Waals surface area contributed by atoms with Crippen LogP contribution in [-0.4, -0.2) is 47.9 Å². The Hall–Kier alpha value is -2.27. The van der Waals surface area contributed by atoms with Gasteiger partial charge in [0.15, 0.2) is 5.78 Å². The van der Waals surface area contributed by atoms with E-state index in [9.17, 15) is 9.59 Å². The molecule has 1 aromatic carbocycles. The number of benzene rings is 1. The van der Waals surface area contributed by atoms with Crippen molar-refractivity contribution < 1.29 is 14.3 Å². The molecule has 23 heavy (non-hydrogen) atoms. The number of ether oxygens (including phenoxy) is 1. The third-order valence-corrected chi connectivity index (χ3v) is 3.83. The Labute approximate surface area is 136 Å². The lowest BCUT2D eigenvalue weighted by Crippen LogP contribution is -2.28. The average molecular weight is 314 g/mol. The van der Waals surface area contributed by atoms with Gasteiger partial charge in [-0.1, -0.05) is 32.0 Å². The fraction of sp³-hybridized carbons (Fsp3) is 0.389. The van der Waals surface area contributed by atoms with E-state index >= 15 is 0 Å². The minimum atomic E-state index is -0.418. The molecular formula is C18H22N2O3. The molecule has 1 aromatic heterocycles. The van der Waals surface area contributed by atoms with E-state index < -0.39 is 5.97 Å². The molecule has 0 aliphatic rings. The van der Waals surface area contributed by atoms with E-state index in [1.54, 1.807) is 6.07 Å². The highest BCUT2D eigenvalue weighted by atomic mass is 16.5. The molecule has 0 aliphatic heterocycles. The van der Waals surface area contributed by atoms with Crippen LogP contribution < -0.4 is 0 Å². The number of para-hydroxylation sites is 1. The molecule has 0 fully saturated rings. The van der Waals surface area contributed by atoms with Gasteiger partial charge in [0.1, 0.15) is 12.3 Å². The van der Waals surface area contributed by atoms with Crippen LogP contribution in [0.3, 0.4) is 0 Å². The summed E-state index contributed by atoms with van der Waals surface area (Å²) in [6.45, 7) is 8.43. The number of fused-ring (bicyclic) bond motifs is 1. The van der Waals surface area contributed by atoms with Crippen LogP contribution in [-0.2, 0) is 4.74 Å². The maximum atomic E-state index is 12.4. The van der Waals surface area contributed by atoms with Crippen molar-refractivity contribution in [1.82, 2.24) is 9.88 Å². The molecule has 0 aliphatic carbocycles. The van der Waals surface area contributed by atoms with Crippen molar-refractivity contribution in [2.75, 3.05) is 26.2 Å². The van der Waals surface area contributed by atoms with E-state index in [0.717, 1.165) is 13.1 Å². The highest BCUT2D eigenvalue weighted by Crippen LogP contribution is 2.19. The molecule has 0 saturated heterocycles. The minimum absolute atomic E-state index is 0.173. The highest BCUT2D eigenvalue weighted by molar-refractivity contribution is 6.06. The van der Waals surface area contributed by atoms with Crippen molar-refractivity contribution in [3.05, 3.63) is 41.6 Å². The van der Waals surface area contributed by atoms with Crippen LogP contribution in [0.15, 0.2) is 30.3 Å². The Bertz CT molecular complexity index is 708. The van der Waals surface area contributed by atoms with E-state index in [1.807, 2.05) is 18.2 Å². The zero-order valence-corrected chi connectivity index (χ0v) is 13.8. The van der Waals surface area contributed by atoms with Gasteiger partial charge in [0.05, 0.1) is 11.1 Å². The second kappa shape index (κ2) is 7.83. The molecule has 1 heterocycles. The first-order valence-electron chi connectivity index (χ1n) is 7.87. The SMILES string of the molecule is CCN(CC)CCOC(=O)c1cc(C(C)=O)nc2ccccc12. The zero-order chi connectivity index (χ0) is 16.8. The second-order valence-corrected chi connectivity index (χ2v) is 5.29. The van der Waals surface area contributed by atoms with Gasteiger partial charge in [0.25, 0.3) is 0 Å². The quantitative estimate of drug-likeness (QED) is 0.581. The summed E-state index contributed by atoms with van der Waals surface area (Å²) >= 11 is 0. The Morgan fingerprint density at radius 3 is 2.52 bits per heavy atom. The molecule has 0 radical (unpaired) electrons. The van der Waals surface area contributed by atoms with Crippen LogP contribution in [0.4, 0.5) is 0 Å². The van der Waals surface area contributed by atoms with Gasteiger partial charge in [-0.05, 0) is 25.2 Å². The predicted octanol–water partition coefficient (Wildman–Crippen LogP) is 2.94. The molecule has 0 N–H and O–H groups in total. The maximum absolute atomic E-state index is 12.4. The lowest BCUT2D eigenvalue weighted by Gasteiger charge is -2.17. The molecule has 5 heteroatoms. The van der Waals surface area contributed by atoms with Crippen molar-refractivity contribution >= 4 is 22.7 Å². The van der Waals surface area contributed by atoms with E-state index in [1.165, 1.54) is 13.0 Å². The highest BCUT2D eigenvalue weighted by Gasteiger charge is 2.16. The third-order valence-electron chi connectivity index (χ3n) is 3.83. The lowest BCUT2D eigenvalue weighted by molar-refractivity contribution is 0.0468. The molecule has 0 atom stereocenters. The normalized spacial score (nSPS) is 11.0. The van der Waals surface area contributed by atoms with Gasteiger partial charge >= 0.3 is 5.97 Å². The first kappa shape index (κ1) is 17.1. The van der Waals surface area contributed by atoms with Crippen LogP contribution in [0.2, 0.25) is 0 Å². The van der Waals surface area contributed by atoms with Crippen LogP contribution >= 0.6 is 0 Å². The van der Waals surface area contributed by atoms with Crippen molar-refractivity contribution in [2.24, 2.45) is 0 Å². The average Bonchev–Trinajstić information content (AvgIpc) is 2.57. The molecule has 0 spiro atoms. The maximum Gasteiger partial charge on any atom is 0.338 e. The summed E-state index contributed by atoms with van der Waals surface area (Å²) in [5, 5.41) is 0.699. The van der Waals surface area contributed by atoms with Gasteiger partial charge in [-0.3, -0.25) is 4.79 Å². The van der Waals surface area contributed by atoms with Crippen LogP contribution in [0.1, 0.15) is 41.6 Å². The number of likely N-dealkylation sites (N-methyl/N-ethyl adjacent to an activating group) is 1. The number of hydrogen-bond donors (Lipinski definition) is 0. The molecule has 0 bridgehead atoms. The Morgan fingerprint density at radius 2 is 1.87 bits per heavy atom. The van der Waals surface area contributed by atoms with Crippen molar-refractivity contribution in [1.29, 1.82) is 0 Å². The first-order valence-corrected chi connectivity index (χ1v) is 7.87. The summed E-state index contributed by atoms with van der Waals surface area (Å²) in [6, 6.07) is 8.78. The van der Waals surface area contributed by atoms with Gasteiger partial charge in [-0.2, -0.15) is 0 Å². The summed E-state index contributed by atoms with van der Waals surface area (Å²) in [4.78, 5) is 30.5. The number of aromatic nitrogens is 1. The fourth-order valence-electron chi connectivity index (χ4n) is 2.41. The Kier molecular flexibility index (Phi) is 5.82. The summed E-state index contributed by atoms with van der Waals surface area (Å²) < 4.78 is 5.39. The molecule has 122 valence electrons. The monoisotopic (exact) mass is 314 g/mol. The molecule has 2 rings (SSSR count). The van der Waals surface area contributed by atoms with Gasteiger partial charge in [0, 0.05) is 18.9 Å². The molecule has 5 nitrogen and oxygen atoms in total. The first-order chi connectivity index (χ1) is 11.1. The van der Waals surface area contributed by atoms with E-state index in [4.69, 9.17) is 4.74 Å². The van der Waals surface area contributed by atoms with Gasteiger partial charge < -0.3 is 9.64 Å². The number of rotatable bonds is 7. The van der Waals surface area contributed by atoms with Crippen LogP contribution in [0.25, 0.3) is 10.9 Å². The lowest BCUT2D eigenvalue weighted by atomic mass is 10.1. The smallest absolute Gasteiger partial charge is 0.338 e. The molecular weight excluding hydrogens is 292 g/mol. The third kappa shape index (κ3) is 4.13. The zero-order valence-electron chi connectivity index (χ0n) is 13.8. The van der Waals surface area contributed by atoms with Crippen LogP contribution in [0.5, 0.6) is 0 Å². The van der Waals surface area contributed by atoms with E-state index in [-0.39, 0.29) is 11.5 Å². The number of hydrogen-bond acceptors (Lipinski definition) is 5. The number of carbonyl (C=O) groups excluding carboxylic acids is 2. The summed E-state index contributed by atoms with van der Waals surface area (Å²) in [7, 11) is 0. The van der Waals surface area contributed by atoms with Gasteiger partial charge in [0.2, 0.25) is 0 Å². The van der Waals surface area contributed by atoms with Gasteiger partial charge in [-0.15, -0.1) is 0 Å². The molecule has 0 amide bonds. The number of esters is 1. The number of ketones is 1. The topological polar surface area (TPSA) is 59.5 Å². The Morgan fingerprint density at radius 1 is 1.17 bits per heavy atom. The number of pyridine rings is 1. The largest absolute Gasteiger partial charge is 0.461 e. The number of Topliss-reactive ketones (excluding diaryl/α,β-unsaturated/α-hetero) is 1. The molecule has 2 aromatic rings. The summed E-state index contributed by atoms with van der Waals surface area (Å²) in [5.74, 6) is -0.591. The van der Waals surface area contributed by atoms with Crippen molar-refractivity contribution in [2.45, 2.75) is 20.8 Å². The molecule has 0 saturated carbocycles. The summed E-state index contributed by atoms with van der Waals surface area (Å²) in [5.41, 5.74) is 1.29. The van der Waals surface area contributed by atoms with Crippen molar-refractivity contribution in [3.8, 4) is 0 Å². The number of nitrogens with zero attached hydrogens (tertiary/aromatic N) is 2. The van der Waals surface area contributed by atoms with Crippen molar-refractivity contribution in [3.63, 3.8) is 0 Å². The fourth-order valence-corrected chi connectivity index (χ4v) is 2.41. The predicted molar refractivity (Wildman–Crippen MR) is 89.8 cm³/mol. The minimum Gasteiger partial charge on any atom is -0.461 e. The molecule has 0 unspecified atom stereocenters. The Balaban J connectivity index is 2.23. The number of carbonyl (C=O) groups is 2. The second-order valence-electron chi connectivity index (χ2n) is 5.29. The van der Waals surface area contributed by atoms with E-state index in [2.05, 4.69) is 23.7 Å². The standard InChI is InChI=1S/C18H22N2O3/c1-4-20(5-2)10-11-23-18(22)15-12-17(13(3)21)19-16-9-7-6-8-14(15)16/h6-9,12H,4-5,10-11H2,1-3H3. The van der Waals surface area contributed by atoms with E-state index in [0.29, 0.717) is 29.6 Å². The van der Waals surface area contributed by atoms with Gasteiger partial charge in [-0.25, -0.2) is 9.78 Å².